The Labute approximate surface area is 114 Å². The second kappa shape index (κ2) is 6.11. The topological polar surface area (TPSA) is 49.4 Å². The van der Waals surface area contributed by atoms with E-state index in [1.807, 2.05) is 24.3 Å². The van der Waals surface area contributed by atoms with Gasteiger partial charge in [-0.3, -0.25) is 9.59 Å². The van der Waals surface area contributed by atoms with Gasteiger partial charge in [-0.2, -0.15) is 0 Å². The van der Waals surface area contributed by atoms with E-state index < -0.39 is 0 Å². The van der Waals surface area contributed by atoms with Crippen LogP contribution in [0.5, 0.6) is 0 Å². The third-order valence-electron chi connectivity index (χ3n) is 2.92. The van der Waals surface area contributed by atoms with Gasteiger partial charge in [0.05, 0.1) is 0 Å². The van der Waals surface area contributed by atoms with Crippen LogP contribution in [-0.2, 0) is 16.0 Å². The molecule has 0 atom stereocenters. The van der Waals surface area contributed by atoms with Gasteiger partial charge in [0.15, 0.2) is 0 Å². The van der Waals surface area contributed by atoms with Crippen LogP contribution in [0.3, 0.4) is 0 Å². The van der Waals surface area contributed by atoms with Gasteiger partial charge < -0.3 is 10.2 Å². The number of nitrogens with zero attached hydrogens (tertiary/aromatic N) is 1. The van der Waals surface area contributed by atoms with Crippen molar-refractivity contribution in [1.82, 2.24) is 10.2 Å². The van der Waals surface area contributed by atoms with Crippen molar-refractivity contribution >= 4 is 27.6 Å². The minimum absolute atomic E-state index is 0.177. The Bertz CT molecular complexity index is 439. The summed E-state index contributed by atoms with van der Waals surface area (Å²) >= 11 is 3.34. The Morgan fingerprint density at radius 3 is 2.39 bits per heavy atom. The molecule has 0 bridgehead atoms. The maximum Gasteiger partial charge on any atom is 0.290 e. The Hall–Kier alpha value is -1.20. The molecule has 1 fully saturated rings. The summed E-state index contributed by atoms with van der Waals surface area (Å²) in [5.74, 6) is -0.696. The van der Waals surface area contributed by atoms with Gasteiger partial charge in [-0.15, -0.1) is 0 Å². The van der Waals surface area contributed by atoms with Gasteiger partial charge in [0.25, 0.3) is 5.91 Å². The molecule has 4 nitrogen and oxygen atoms in total. The molecular weight excluding hydrogens is 296 g/mol. The lowest BCUT2D eigenvalue weighted by atomic mass is 10.1. The van der Waals surface area contributed by atoms with Gasteiger partial charge in [-0.25, -0.2) is 0 Å². The zero-order valence-electron chi connectivity index (χ0n) is 9.99. The summed E-state index contributed by atoms with van der Waals surface area (Å²) in [6.45, 7) is 2.75. The second-order valence-electron chi connectivity index (χ2n) is 4.27. The molecule has 96 valence electrons. The van der Waals surface area contributed by atoms with Crippen molar-refractivity contribution in [2.45, 2.75) is 6.42 Å². The van der Waals surface area contributed by atoms with E-state index in [0.29, 0.717) is 13.1 Å². The van der Waals surface area contributed by atoms with Crippen LogP contribution in [-0.4, -0.2) is 42.8 Å². The molecule has 0 unspecified atom stereocenters. The summed E-state index contributed by atoms with van der Waals surface area (Å²) < 4.78 is 0.965. The molecule has 5 heteroatoms. The first-order valence-corrected chi connectivity index (χ1v) is 6.73. The average Bonchev–Trinajstić information content (AvgIpc) is 2.41. The fourth-order valence-electron chi connectivity index (χ4n) is 1.91. The number of piperazine rings is 1. The van der Waals surface area contributed by atoms with Crippen molar-refractivity contribution in [3.05, 3.63) is 34.3 Å². The van der Waals surface area contributed by atoms with E-state index in [4.69, 9.17) is 0 Å². The van der Waals surface area contributed by atoms with Crippen molar-refractivity contribution in [2.24, 2.45) is 0 Å². The number of ketones is 1. The van der Waals surface area contributed by atoms with E-state index >= 15 is 0 Å². The standard InChI is InChI=1S/C13H15BrN2O2/c14-11-3-1-10(2-4-11)9-12(17)13(18)16-7-5-15-6-8-16/h1-4,15H,5-9H2. The summed E-state index contributed by atoms with van der Waals surface area (Å²) in [4.78, 5) is 25.4. The molecule has 0 aromatic heterocycles. The molecule has 1 aromatic carbocycles. The molecule has 1 heterocycles. The smallest absolute Gasteiger partial charge is 0.290 e. The predicted molar refractivity (Wildman–Crippen MR) is 72.3 cm³/mol. The Morgan fingerprint density at radius 2 is 1.78 bits per heavy atom. The predicted octanol–water partition coefficient (Wildman–Crippen LogP) is 0.992. The number of benzene rings is 1. The van der Waals surface area contributed by atoms with Crippen LogP contribution >= 0.6 is 15.9 Å². The molecule has 1 amide bonds. The monoisotopic (exact) mass is 310 g/mol. The maximum atomic E-state index is 11.9. The first-order chi connectivity index (χ1) is 8.66. The van der Waals surface area contributed by atoms with E-state index in [0.717, 1.165) is 23.1 Å². The molecule has 0 spiro atoms. The minimum atomic E-state index is -0.362. The highest BCUT2D eigenvalue weighted by Crippen LogP contribution is 2.11. The van der Waals surface area contributed by atoms with E-state index in [1.165, 1.54) is 0 Å². The Balaban J connectivity index is 1.94. The van der Waals surface area contributed by atoms with Gasteiger partial charge in [-0.05, 0) is 17.7 Å². The van der Waals surface area contributed by atoms with Crippen molar-refractivity contribution in [1.29, 1.82) is 0 Å². The number of hydrogen-bond donors (Lipinski definition) is 1. The van der Waals surface area contributed by atoms with Crippen LogP contribution in [0.1, 0.15) is 5.56 Å². The largest absolute Gasteiger partial charge is 0.334 e. The molecule has 0 aliphatic carbocycles. The van der Waals surface area contributed by atoms with Crippen LogP contribution in [0.25, 0.3) is 0 Å². The van der Waals surface area contributed by atoms with Crippen LogP contribution in [0.15, 0.2) is 28.7 Å². The number of nitrogens with one attached hydrogen (secondary N) is 1. The van der Waals surface area contributed by atoms with Crippen molar-refractivity contribution < 1.29 is 9.59 Å². The van der Waals surface area contributed by atoms with Crippen LogP contribution in [0, 0.1) is 0 Å². The number of carbonyl (C=O) groups excluding carboxylic acids is 2. The summed E-state index contributed by atoms with van der Waals surface area (Å²) in [6.07, 6.45) is 0.177. The summed E-state index contributed by atoms with van der Waals surface area (Å²) in [6, 6.07) is 7.45. The van der Waals surface area contributed by atoms with E-state index in [9.17, 15) is 9.59 Å². The Morgan fingerprint density at radius 1 is 1.17 bits per heavy atom. The zero-order valence-corrected chi connectivity index (χ0v) is 11.6. The number of rotatable bonds is 3. The first kappa shape index (κ1) is 13.2. The molecule has 1 saturated heterocycles. The second-order valence-corrected chi connectivity index (χ2v) is 5.18. The fourth-order valence-corrected chi connectivity index (χ4v) is 2.17. The lowest BCUT2D eigenvalue weighted by Crippen LogP contribution is -2.49. The molecule has 0 radical (unpaired) electrons. The number of amides is 1. The molecule has 1 aromatic rings. The lowest BCUT2D eigenvalue weighted by Gasteiger charge is -2.26. The fraction of sp³-hybridized carbons (Fsp3) is 0.385. The average molecular weight is 311 g/mol. The third-order valence-corrected chi connectivity index (χ3v) is 3.45. The number of Topliss-reactive ketones (excluding diaryl/α,β-unsaturated/α-hetero) is 1. The number of hydrogen-bond acceptors (Lipinski definition) is 3. The quantitative estimate of drug-likeness (QED) is 0.847. The summed E-state index contributed by atoms with van der Waals surface area (Å²) in [5.41, 5.74) is 0.867. The minimum Gasteiger partial charge on any atom is -0.334 e. The van der Waals surface area contributed by atoms with Crippen LogP contribution in [0.4, 0.5) is 0 Å². The van der Waals surface area contributed by atoms with E-state index in [1.54, 1.807) is 4.90 Å². The highest BCUT2D eigenvalue weighted by Gasteiger charge is 2.22. The number of halogens is 1. The Kier molecular flexibility index (Phi) is 4.49. The molecule has 18 heavy (non-hydrogen) atoms. The highest BCUT2D eigenvalue weighted by atomic mass is 79.9. The zero-order chi connectivity index (χ0) is 13.0. The van der Waals surface area contributed by atoms with Gasteiger partial charge in [-0.1, -0.05) is 28.1 Å². The van der Waals surface area contributed by atoms with Gasteiger partial charge >= 0.3 is 0 Å². The summed E-state index contributed by atoms with van der Waals surface area (Å²) in [7, 11) is 0. The third kappa shape index (κ3) is 3.40. The van der Waals surface area contributed by atoms with E-state index in [-0.39, 0.29) is 18.1 Å². The number of carbonyl (C=O) groups is 2. The molecular formula is C13H15BrN2O2. The summed E-state index contributed by atoms with van der Waals surface area (Å²) in [5, 5.41) is 3.15. The maximum absolute atomic E-state index is 11.9. The first-order valence-electron chi connectivity index (χ1n) is 5.94. The molecule has 1 aliphatic rings. The van der Waals surface area contributed by atoms with Gasteiger partial charge in [0.2, 0.25) is 5.78 Å². The molecule has 1 N–H and O–H groups in total. The normalized spacial score (nSPS) is 15.5. The van der Waals surface area contributed by atoms with Gasteiger partial charge in [0.1, 0.15) is 0 Å². The van der Waals surface area contributed by atoms with Crippen LogP contribution < -0.4 is 5.32 Å². The highest BCUT2D eigenvalue weighted by molar-refractivity contribution is 9.10. The van der Waals surface area contributed by atoms with Crippen molar-refractivity contribution in [3.63, 3.8) is 0 Å². The van der Waals surface area contributed by atoms with E-state index in [2.05, 4.69) is 21.2 Å². The van der Waals surface area contributed by atoms with Crippen molar-refractivity contribution in [3.8, 4) is 0 Å². The molecule has 2 rings (SSSR count). The molecule has 1 aliphatic heterocycles. The SMILES string of the molecule is O=C(Cc1ccc(Br)cc1)C(=O)N1CCNCC1. The lowest BCUT2D eigenvalue weighted by molar-refractivity contribution is -0.144. The van der Waals surface area contributed by atoms with Crippen molar-refractivity contribution in [2.75, 3.05) is 26.2 Å². The molecule has 0 saturated carbocycles. The van der Waals surface area contributed by atoms with Gasteiger partial charge in [0, 0.05) is 37.1 Å². The van der Waals surface area contributed by atoms with Crippen LogP contribution in [0.2, 0.25) is 0 Å².